The molecule has 22 heavy (non-hydrogen) atoms. The Morgan fingerprint density at radius 3 is 2.18 bits per heavy atom. The molecule has 0 radical (unpaired) electrons. The van der Waals surface area contributed by atoms with Crippen LogP contribution in [0.3, 0.4) is 0 Å². The summed E-state index contributed by atoms with van der Waals surface area (Å²) in [7, 11) is 0. The van der Waals surface area contributed by atoms with E-state index in [1.165, 1.54) is 12.8 Å². The summed E-state index contributed by atoms with van der Waals surface area (Å²) in [6.45, 7) is 2.17. The lowest BCUT2D eigenvalue weighted by Crippen LogP contribution is -2.15. The molecule has 4 nitrogen and oxygen atoms in total. The van der Waals surface area contributed by atoms with Gasteiger partial charge in [-0.3, -0.25) is 10.1 Å². The van der Waals surface area contributed by atoms with Crippen LogP contribution in [-0.4, -0.2) is 17.3 Å². The number of aldehydes is 1. The van der Waals surface area contributed by atoms with Crippen LogP contribution in [0.2, 0.25) is 0 Å². The van der Waals surface area contributed by atoms with E-state index in [0.717, 1.165) is 51.2 Å². The summed E-state index contributed by atoms with van der Waals surface area (Å²) in [5, 5.41) is 11.0. The summed E-state index contributed by atoms with van der Waals surface area (Å²) in [5.74, 6) is 0. The first kappa shape index (κ1) is 20.6. The van der Waals surface area contributed by atoms with Gasteiger partial charge in [0.15, 0.2) is 0 Å². The molecule has 0 aromatic rings. The van der Waals surface area contributed by atoms with Gasteiger partial charge in [-0.15, -0.1) is 0 Å². The number of carbonyl (C=O) groups excluding carboxylic acids is 1. The summed E-state index contributed by atoms with van der Waals surface area (Å²) in [5.41, 5.74) is 0. The maximum absolute atomic E-state index is 11.0. The van der Waals surface area contributed by atoms with Crippen molar-refractivity contribution >= 4 is 6.29 Å². The van der Waals surface area contributed by atoms with E-state index in [0.29, 0.717) is 12.8 Å². The van der Waals surface area contributed by atoms with Gasteiger partial charge in [0, 0.05) is 17.8 Å². The largest absolute Gasteiger partial charge is 0.303 e. The molecule has 126 valence electrons. The zero-order valence-electron chi connectivity index (χ0n) is 13.9. The molecule has 0 aromatic carbocycles. The van der Waals surface area contributed by atoms with Crippen LogP contribution in [0.5, 0.6) is 0 Å². The maximum Gasteiger partial charge on any atom is 0.234 e. The van der Waals surface area contributed by atoms with Crippen LogP contribution in [0.4, 0.5) is 0 Å². The molecule has 0 fully saturated rings. The van der Waals surface area contributed by atoms with Crippen LogP contribution in [0, 0.1) is 10.1 Å². The number of hydrogen-bond donors (Lipinski definition) is 0. The van der Waals surface area contributed by atoms with E-state index in [1.54, 1.807) is 6.08 Å². The zero-order chi connectivity index (χ0) is 16.5. The first-order valence-electron chi connectivity index (χ1n) is 8.61. The van der Waals surface area contributed by atoms with Gasteiger partial charge in [-0.1, -0.05) is 50.8 Å². The summed E-state index contributed by atoms with van der Waals surface area (Å²) in [6.07, 6.45) is 19.3. The van der Waals surface area contributed by atoms with Gasteiger partial charge in [-0.05, 0) is 38.2 Å². The first-order chi connectivity index (χ1) is 10.7. The Labute approximate surface area is 134 Å². The van der Waals surface area contributed by atoms with Crippen LogP contribution in [0.15, 0.2) is 24.3 Å². The van der Waals surface area contributed by atoms with E-state index >= 15 is 0 Å². The lowest BCUT2D eigenvalue weighted by Gasteiger charge is -2.01. The molecule has 0 N–H and O–H groups in total. The lowest BCUT2D eigenvalue weighted by atomic mass is 10.1. The normalized spacial score (nSPS) is 13.0. The molecular formula is C18H31NO3. The molecule has 0 heterocycles. The van der Waals surface area contributed by atoms with Gasteiger partial charge in [0.2, 0.25) is 6.04 Å². The maximum atomic E-state index is 11.0. The van der Waals surface area contributed by atoms with Gasteiger partial charge >= 0.3 is 0 Å². The zero-order valence-corrected chi connectivity index (χ0v) is 13.9. The number of hydrogen-bond acceptors (Lipinski definition) is 3. The van der Waals surface area contributed by atoms with E-state index in [4.69, 9.17) is 0 Å². The number of nitro groups is 1. The molecule has 0 saturated heterocycles. The molecule has 0 saturated carbocycles. The number of allylic oxidation sites excluding steroid dienone is 2. The van der Waals surface area contributed by atoms with Crippen molar-refractivity contribution in [1.29, 1.82) is 0 Å². The van der Waals surface area contributed by atoms with Gasteiger partial charge in [0.1, 0.15) is 6.29 Å². The first-order valence-corrected chi connectivity index (χ1v) is 8.61. The number of nitrogens with zero attached hydrogens (tertiary/aromatic N) is 1. The molecular weight excluding hydrogens is 278 g/mol. The molecule has 0 amide bonds. The molecule has 0 spiro atoms. The Morgan fingerprint density at radius 2 is 1.55 bits per heavy atom. The summed E-state index contributed by atoms with van der Waals surface area (Å²) in [4.78, 5) is 20.9. The Hall–Kier alpha value is -1.45. The van der Waals surface area contributed by atoms with Crippen molar-refractivity contribution in [2.24, 2.45) is 0 Å². The average Bonchev–Trinajstić information content (AvgIpc) is 2.50. The Morgan fingerprint density at radius 1 is 0.909 bits per heavy atom. The van der Waals surface area contributed by atoms with Crippen LogP contribution >= 0.6 is 0 Å². The van der Waals surface area contributed by atoms with E-state index in [2.05, 4.69) is 13.0 Å². The third-order valence-electron chi connectivity index (χ3n) is 3.59. The second kappa shape index (κ2) is 15.9. The predicted octanol–water partition coefficient (Wildman–Crippen LogP) is 5.25. The Kier molecular flexibility index (Phi) is 14.9. The Bertz CT molecular complexity index is 337. The highest BCUT2D eigenvalue weighted by Crippen LogP contribution is 2.08. The average molecular weight is 309 g/mol. The monoisotopic (exact) mass is 309 g/mol. The van der Waals surface area contributed by atoms with Crippen molar-refractivity contribution in [2.45, 2.75) is 83.6 Å². The minimum atomic E-state index is -0.600. The van der Waals surface area contributed by atoms with Gasteiger partial charge in [0.05, 0.1) is 0 Å². The minimum Gasteiger partial charge on any atom is -0.303 e. The van der Waals surface area contributed by atoms with Gasteiger partial charge in [0.25, 0.3) is 0 Å². The second-order valence-electron chi connectivity index (χ2n) is 5.64. The fourth-order valence-corrected chi connectivity index (χ4v) is 2.20. The number of unbranched alkanes of at least 4 members (excludes halogenated alkanes) is 8. The summed E-state index contributed by atoms with van der Waals surface area (Å²) in [6, 6.07) is -0.600. The molecule has 0 rings (SSSR count). The summed E-state index contributed by atoms with van der Waals surface area (Å²) >= 11 is 0. The number of rotatable bonds is 15. The topological polar surface area (TPSA) is 60.2 Å². The standard InChI is InChI=1S/C18H31NO3/c1-2-3-4-5-9-12-15-18(19(21)22)16-13-10-7-6-8-11-14-17-20/h9,12-13,16-18H,2-8,10-11,14-15H2,1H3/b12-9+,16-13+. The van der Waals surface area contributed by atoms with Crippen molar-refractivity contribution in [3.05, 3.63) is 34.4 Å². The molecule has 0 aliphatic heterocycles. The van der Waals surface area contributed by atoms with E-state index in [1.807, 2.05) is 12.2 Å². The van der Waals surface area contributed by atoms with Crippen LogP contribution in [-0.2, 0) is 4.79 Å². The SMILES string of the molecule is CCCCC/C=C/CC(/C=C/CCCCCCC=O)[N+](=O)[O-]. The smallest absolute Gasteiger partial charge is 0.234 e. The van der Waals surface area contributed by atoms with E-state index in [-0.39, 0.29) is 4.92 Å². The minimum absolute atomic E-state index is 0.211. The summed E-state index contributed by atoms with van der Waals surface area (Å²) < 4.78 is 0. The second-order valence-corrected chi connectivity index (χ2v) is 5.64. The van der Waals surface area contributed by atoms with Crippen molar-refractivity contribution in [1.82, 2.24) is 0 Å². The molecule has 4 heteroatoms. The van der Waals surface area contributed by atoms with Crippen LogP contribution in [0.25, 0.3) is 0 Å². The highest BCUT2D eigenvalue weighted by atomic mass is 16.6. The van der Waals surface area contributed by atoms with Gasteiger partial charge in [-0.25, -0.2) is 0 Å². The molecule has 0 aliphatic rings. The van der Waals surface area contributed by atoms with Crippen LogP contribution < -0.4 is 0 Å². The van der Waals surface area contributed by atoms with E-state index in [9.17, 15) is 14.9 Å². The van der Waals surface area contributed by atoms with E-state index < -0.39 is 6.04 Å². The van der Waals surface area contributed by atoms with Crippen molar-refractivity contribution in [2.75, 3.05) is 0 Å². The van der Waals surface area contributed by atoms with Crippen LogP contribution in [0.1, 0.15) is 77.6 Å². The Balaban J connectivity index is 3.81. The quantitative estimate of drug-likeness (QED) is 0.136. The number of carbonyl (C=O) groups is 1. The molecule has 1 unspecified atom stereocenters. The molecule has 0 aliphatic carbocycles. The molecule has 0 aromatic heterocycles. The third-order valence-corrected chi connectivity index (χ3v) is 3.59. The highest BCUT2D eigenvalue weighted by Gasteiger charge is 2.12. The van der Waals surface area contributed by atoms with Gasteiger partial charge in [-0.2, -0.15) is 0 Å². The predicted molar refractivity (Wildman–Crippen MR) is 91.6 cm³/mol. The molecule has 1 atom stereocenters. The van der Waals surface area contributed by atoms with Gasteiger partial charge < -0.3 is 4.79 Å². The third kappa shape index (κ3) is 13.5. The lowest BCUT2D eigenvalue weighted by molar-refractivity contribution is -0.508. The van der Waals surface area contributed by atoms with Crippen molar-refractivity contribution in [3.8, 4) is 0 Å². The van der Waals surface area contributed by atoms with Crippen molar-refractivity contribution < 1.29 is 9.72 Å². The molecule has 0 bridgehead atoms. The fourth-order valence-electron chi connectivity index (χ4n) is 2.20. The fraction of sp³-hybridized carbons (Fsp3) is 0.722. The van der Waals surface area contributed by atoms with Crippen molar-refractivity contribution in [3.63, 3.8) is 0 Å². The highest BCUT2D eigenvalue weighted by molar-refractivity contribution is 5.48.